The van der Waals surface area contributed by atoms with Gasteiger partial charge in [-0.2, -0.15) is 10.1 Å². The molecule has 0 aliphatic heterocycles. The quantitative estimate of drug-likeness (QED) is 0.730. The molecule has 0 N–H and O–H groups in total. The number of fused-ring (bicyclic) bond motifs is 1. The third kappa shape index (κ3) is 2.29. The molecule has 1 aromatic carbocycles. The number of amides is 1. The molecule has 3 rings (SSSR count). The van der Waals surface area contributed by atoms with Crippen molar-refractivity contribution >= 4 is 27.5 Å². The molecular weight excluding hydrogens is 296 g/mol. The van der Waals surface area contributed by atoms with E-state index >= 15 is 0 Å². The Labute approximate surface area is 132 Å². The van der Waals surface area contributed by atoms with Crippen molar-refractivity contribution < 1.29 is 4.79 Å². The van der Waals surface area contributed by atoms with Gasteiger partial charge in [0, 0.05) is 19.7 Å². The van der Waals surface area contributed by atoms with Crippen molar-refractivity contribution in [2.45, 2.75) is 20.3 Å². The summed E-state index contributed by atoms with van der Waals surface area (Å²) in [6.07, 6.45) is 2.64. The number of aryl methyl sites for hydroxylation is 4. The number of rotatable bonds is 2. The smallest absolute Gasteiger partial charge is 0.298 e. The second-order valence-corrected chi connectivity index (χ2v) is 6.29. The topological polar surface area (TPSA) is 52.2 Å². The number of carbonyl (C=O) groups excluding carboxylic acids is 1. The minimum Gasteiger partial charge on any atom is -0.319 e. The lowest BCUT2D eigenvalue weighted by Crippen LogP contribution is -2.16. The van der Waals surface area contributed by atoms with Crippen LogP contribution >= 0.6 is 11.3 Å². The average Bonchev–Trinajstić information content (AvgIpc) is 2.99. The van der Waals surface area contributed by atoms with Gasteiger partial charge in [0.1, 0.15) is 5.69 Å². The number of thiazole rings is 1. The van der Waals surface area contributed by atoms with Crippen LogP contribution in [0.2, 0.25) is 0 Å². The van der Waals surface area contributed by atoms with Gasteiger partial charge < -0.3 is 4.57 Å². The van der Waals surface area contributed by atoms with Gasteiger partial charge in [-0.3, -0.25) is 9.48 Å². The minimum atomic E-state index is -0.252. The SMILES string of the molecule is CCc1cccc2sc(=NC(=O)c3c(C)cnn3C)n(C)c12. The maximum Gasteiger partial charge on any atom is 0.298 e. The number of hydrogen-bond donors (Lipinski definition) is 0. The minimum absolute atomic E-state index is 0.252. The molecule has 0 fully saturated rings. The summed E-state index contributed by atoms with van der Waals surface area (Å²) in [5.74, 6) is -0.252. The number of benzene rings is 1. The van der Waals surface area contributed by atoms with Gasteiger partial charge in [-0.05, 0) is 25.0 Å². The molecule has 114 valence electrons. The van der Waals surface area contributed by atoms with Crippen LogP contribution in [-0.4, -0.2) is 20.3 Å². The predicted octanol–water partition coefficient (Wildman–Crippen LogP) is 2.59. The fraction of sp³-hybridized carbons (Fsp3) is 0.312. The highest BCUT2D eigenvalue weighted by Crippen LogP contribution is 2.21. The Balaban J connectivity index is 2.18. The summed E-state index contributed by atoms with van der Waals surface area (Å²) in [6.45, 7) is 4.00. The molecule has 0 aliphatic carbocycles. The fourth-order valence-corrected chi connectivity index (χ4v) is 3.74. The molecule has 0 spiro atoms. The van der Waals surface area contributed by atoms with Crippen LogP contribution < -0.4 is 4.80 Å². The third-order valence-electron chi connectivity index (χ3n) is 3.81. The van der Waals surface area contributed by atoms with E-state index in [1.807, 2.05) is 18.5 Å². The molecule has 2 heterocycles. The first-order chi connectivity index (χ1) is 10.5. The van der Waals surface area contributed by atoms with Gasteiger partial charge in [0.15, 0.2) is 4.80 Å². The lowest BCUT2D eigenvalue weighted by Gasteiger charge is -2.02. The maximum absolute atomic E-state index is 12.5. The van der Waals surface area contributed by atoms with E-state index in [1.165, 1.54) is 16.9 Å². The van der Waals surface area contributed by atoms with E-state index in [-0.39, 0.29) is 5.91 Å². The average molecular weight is 314 g/mol. The number of carbonyl (C=O) groups is 1. The summed E-state index contributed by atoms with van der Waals surface area (Å²) in [5, 5.41) is 4.10. The Kier molecular flexibility index (Phi) is 3.70. The Bertz CT molecular complexity index is 910. The first kappa shape index (κ1) is 14.7. The van der Waals surface area contributed by atoms with Crippen LogP contribution in [0.3, 0.4) is 0 Å². The second-order valence-electron chi connectivity index (χ2n) is 5.28. The highest BCUT2D eigenvalue weighted by Gasteiger charge is 2.14. The molecule has 0 aliphatic rings. The molecule has 0 saturated carbocycles. The van der Waals surface area contributed by atoms with Gasteiger partial charge in [-0.1, -0.05) is 30.4 Å². The van der Waals surface area contributed by atoms with E-state index in [0.29, 0.717) is 10.5 Å². The molecule has 0 unspecified atom stereocenters. The zero-order chi connectivity index (χ0) is 15.9. The van der Waals surface area contributed by atoms with Gasteiger partial charge in [0.25, 0.3) is 5.91 Å². The molecule has 5 nitrogen and oxygen atoms in total. The molecule has 3 aromatic rings. The first-order valence-electron chi connectivity index (χ1n) is 7.18. The van der Waals surface area contributed by atoms with Gasteiger partial charge in [0.2, 0.25) is 0 Å². The van der Waals surface area contributed by atoms with Crippen LogP contribution in [0.5, 0.6) is 0 Å². The highest BCUT2D eigenvalue weighted by atomic mass is 32.1. The number of nitrogens with zero attached hydrogens (tertiary/aromatic N) is 4. The fourth-order valence-electron chi connectivity index (χ4n) is 2.67. The summed E-state index contributed by atoms with van der Waals surface area (Å²) < 4.78 is 4.73. The zero-order valence-corrected chi connectivity index (χ0v) is 13.9. The molecule has 1 amide bonds. The Morgan fingerprint density at radius 2 is 2.14 bits per heavy atom. The van der Waals surface area contributed by atoms with Crippen molar-refractivity contribution in [3.05, 3.63) is 46.0 Å². The van der Waals surface area contributed by atoms with Crippen molar-refractivity contribution in [3.63, 3.8) is 0 Å². The van der Waals surface area contributed by atoms with Crippen LogP contribution in [-0.2, 0) is 20.5 Å². The third-order valence-corrected chi connectivity index (χ3v) is 4.91. The largest absolute Gasteiger partial charge is 0.319 e. The van der Waals surface area contributed by atoms with Crippen LogP contribution in [0.1, 0.15) is 28.5 Å². The lowest BCUT2D eigenvalue weighted by atomic mass is 10.1. The number of aromatic nitrogens is 3. The monoisotopic (exact) mass is 314 g/mol. The van der Waals surface area contributed by atoms with E-state index in [0.717, 1.165) is 22.2 Å². The Hall–Kier alpha value is -2.21. The normalized spacial score (nSPS) is 12.3. The van der Waals surface area contributed by atoms with Gasteiger partial charge in [-0.25, -0.2) is 0 Å². The van der Waals surface area contributed by atoms with E-state index in [2.05, 4.69) is 35.2 Å². The maximum atomic E-state index is 12.5. The molecular formula is C16H18N4OS. The van der Waals surface area contributed by atoms with Gasteiger partial charge >= 0.3 is 0 Å². The summed E-state index contributed by atoms with van der Waals surface area (Å²) in [6, 6.07) is 6.23. The summed E-state index contributed by atoms with van der Waals surface area (Å²) >= 11 is 1.54. The highest BCUT2D eigenvalue weighted by molar-refractivity contribution is 7.16. The Morgan fingerprint density at radius 1 is 1.36 bits per heavy atom. The molecule has 6 heteroatoms. The molecule has 0 atom stereocenters. The Morgan fingerprint density at radius 3 is 2.77 bits per heavy atom. The molecule has 0 radical (unpaired) electrons. The van der Waals surface area contributed by atoms with E-state index in [4.69, 9.17) is 0 Å². The van der Waals surface area contributed by atoms with Crippen molar-refractivity contribution in [1.29, 1.82) is 0 Å². The van der Waals surface area contributed by atoms with Crippen molar-refractivity contribution in [3.8, 4) is 0 Å². The predicted molar refractivity (Wildman–Crippen MR) is 88.0 cm³/mol. The summed E-state index contributed by atoms with van der Waals surface area (Å²) in [5.41, 5.74) is 3.80. The van der Waals surface area contributed by atoms with Gasteiger partial charge in [-0.15, -0.1) is 0 Å². The van der Waals surface area contributed by atoms with Crippen molar-refractivity contribution in [1.82, 2.24) is 14.3 Å². The van der Waals surface area contributed by atoms with Crippen LogP contribution in [0.15, 0.2) is 29.4 Å². The van der Waals surface area contributed by atoms with Crippen LogP contribution in [0, 0.1) is 6.92 Å². The molecule has 0 saturated heterocycles. The standard InChI is InChI=1S/C16H18N4OS/c1-5-11-7-6-8-12-14(11)19(3)16(22-12)18-15(21)13-10(2)9-17-20(13)4/h6-9H,5H2,1-4H3. The van der Waals surface area contributed by atoms with E-state index in [9.17, 15) is 4.79 Å². The first-order valence-corrected chi connectivity index (χ1v) is 7.99. The van der Waals surface area contributed by atoms with E-state index in [1.54, 1.807) is 17.9 Å². The van der Waals surface area contributed by atoms with Gasteiger partial charge in [0.05, 0.1) is 16.4 Å². The lowest BCUT2D eigenvalue weighted by molar-refractivity contribution is 0.0988. The number of para-hydroxylation sites is 1. The van der Waals surface area contributed by atoms with Crippen LogP contribution in [0.25, 0.3) is 10.2 Å². The molecule has 22 heavy (non-hydrogen) atoms. The second kappa shape index (κ2) is 5.53. The number of hydrogen-bond acceptors (Lipinski definition) is 3. The van der Waals surface area contributed by atoms with Crippen molar-refractivity contribution in [2.24, 2.45) is 19.1 Å². The zero-order valence-electron chi connectivity index (χ0n) is 13.1. The summed E-state index contributed by atoms with van der Waals surface area (Å²) in [4.78, 5) is 17.5. The summed E-state index contributed by atoms with van der Waals surface area (Å²) in [7, 11) is 3.72. The van der Waals surface area contributed by atoms with E-state index < -0.39 is 0 Å². The molecule has 2 aromatic heterocycles. The molecule has 0 bridgehead atoms. The van der Waals surface area contributed by atoms with Crippen LogP contribution in [0.4, 0.5) is 0 Å². The van der Waals surface area contributed by atoms with Crippen molar-refractivity contribution in [2.75, 3.05) is 0 Å².